The summed E-state index contributed by atoms with van der Waals surface area (Å²) >= 11 is 1.84. The summed E-state index contributed by atoms with van der Waals surface area (Å²) in [6.07, 6.45) is 2.77. The van der Waals surface area contributed by atoms with Crippen LogP contribution in [0.15, 0.2) is 24.3 Å². The third-order valence-corrected chi connectivity index (χ3v) is 5.56. The van der Waals surface area contributed by atoms with E-state index in [1.807, 2.05) is 11.3 Å². The lowest BCUT2D eigenvalue weighted by Gasteiger charge is -2.25. The number of thiophene rings is 1. The number of fused-ring (bicyclic) bond motifs is 3. The first-order valence-electron chi connectivity index (χ1n) is 7.76. The molecule has 0 aliphatic carbocycles. The van der Waals surface area contributed by atoms with Crippen LogP contribution >= 0.6 is 23.7 Å². The van der Waals surface area contributed by atoms with Gasteiger partial charge in [0.25, 0.3) is 0 Å². The largest absolute Gasteiger partial charge is 0.352 e. The number of hydrogen-bond acceptors (Lipinski definition) is 3. The Morgan fingerprint density at radius 1 is 1.36 bits per heavy atom. The van der Waals surface area contributed by atoms with Gasteiger partial charge in [-0.1, -0.05) is 32.0 Å². The summed E-state index contributed by atoms with van der Waals surface area (Å²) in [4.78, 5) is 13.8. The second-order valence-corrected chi connectivity index (χ2v) is 6.80. The van der Waals surface area contributed by atoms with Crippen molar-refractivity contribution in [3.05, 3.63) is 34.7 Å². The smallest absolute Gasteiger partial charge is 0.237 e. The number of benzene rings is 1. The van der Waals surface area contributed by atoms with E-state index in [2.05, 4.69) is 48.7 Å². The monoisotopic (exact) mass is 338 g/mol. The topological polar surface area (TPSA) is 41.1 Å². The lowest BCUT2D eigenvalue weighted by atomic mass is 9.98. The predicted octanol–water partition coefficient (Wildman–Crippen LogP) is 3.64. The van der Waals surface area contributed by atoms with E-state index in [1.54, 1.807) is 0 Å². The van der Waals surface area contributed by atoms with Crippen LogP contribution in [-0.2, 0) is 17.8 Å². The zero-order chi connectivity index (χ0) is 14.8. The van der Waals surface area contributed by atoms with Crippen LogP contribution in [0.4, 0.5) is 0 Å². The van der Waals surface area contributed by atoms with Gasteiger partial charge in [-0.3, -0.25) is 4.79 Å². The summed E-state index contributed by atoms with van der Waals surface area (Å²) in [5.74, 6) is 0.143. The molecule has 1 atom stereocenters. The zero-order valence-corrected chi connectivity index (χ0v) is 14.7. The van der Waals surface area contributed by atoms with Crippen LogP contribution in [0.5, 0.6) is 0 Å². The number of halogens is 1. The predicted molar refractivity (Wildman–Crippen MR) is 95.9 cm³/mol. The van der Waals surface area contributed by atoms with Crippen molar-refractivity contribution in [2.75, 3.05) is 0 Å². The second-order valence-electron chi connectivity index (χ2n) is 5.66. The molecule has 120 valence electrons. The van der Waals surface area contributed by atoms with E-state index in [-0.39, 0.29) is 24.4 Å². The average molecular weight is 339 g/mol. The Labute approximate surface area is 141 Å². The summed E-state index contributed by atoms with van der Waals surface area (Å²) in [7, 11) is 0. The highest BCUT2D eigenvalue weighted by Crippen LogP contribution is 2.34. The molecular weight excluding hydrogens is 316 g/mol. The van der Waals surface area contributed by atoms with Crippen LogP contribution in [0.3, 0.4) is 0 Å². The molecule has 0 spiro atoms. The molecule has 0 saturated heterocycles. The van der Waals surface area contributed by atoms with Crippen molar-refractivity contribution >= 4 is 39.7 Å². The van der Waals surface area contributed by atoms with Gasteiger partial charge >= 0.3 is 0 Å². The Kier molecular flexibility index (Phi) is 5.84. The molecule has 2 N–H and O–H groups in total. The molecule has 0 saturated carbocycles. The molecule has 2 aromatic rings. The number of hydrogen-bond donors (Lipinski definition) is 2. The van der Waals surface area contributed by atoms with Crippen LogP contribution in [-0.4, -0.2) is 18.0 Å². The molecule has 1 aromatic heterocycles. The first-order chi connectivity index (χ1) is 10.2. The number of rotatable bonds is 4. The summed E-state index contributed by atoms with van der Waals surface area (Å²) in [5.41, 5.74) is 1.36. The van der Waals surface area contributed by atoms with Crippen LogP contribution in [0, 0.1) is 0 Å². The van der Waals surface area contributed by atoms with Crippen molar-refractivity contribution in [1.29, 1.82) is 0 Å². The second kappa shape index (κ2) is 7.44. The van der Waals surface area contributed by atoms with Gasteiger partial charge in [0.15, 0.2) is 0 Å². The van der Waals surface area contributed by atoms with E-state index in [0.717, 1.165) is 25.8 Å². The number of nitrogens with one attached hydrogen (secondary N) is 2. The highest BCUT2D eigenvalue weighted by molar-refractivity contribution is 7.19. The molecule has 2 heterocycles. The Morgan fingerprint density at radius 2 is 2.09 bits per heavy atom. The van der Waals surface area contributed by atoms with E-state index in [1.165, 1.54) is 20.5 Å². The zero-order valence-electron chi connectivity index (χ0n) is 13.0. The normalized spacial score (nSPS) is 17.1. The lowest BCUT2D eigenvalue weighted by Crippen LogP contribution is -2.50. The van der Waals surface area contributed by atoms with Gasteiger partial charge in [-0.2, -0.15) is 0 Å². The molecule has 0 fully saturated rings. The highest BCUT2D eigenvalue weighted by Gasteiger charge is 2.27. The van der Waals surface area contributed by atoms with Crippen molar-refractivity contribution in [2.45, 2.75) is 51.7 Å². The van der Waals surface area contributed by atoms with Crippen LogP contribution in [0.1, 0.15) is 37.1 Å². The van der Waals surface area contributed by atoms with Gasteiger partial charge in [-0.25, -0.2) is 0 Å². The van der Waals surface area contributed by atoms with E-state index in [9.17, 15) is 4.79 Å². The molecule has 3 rings (SSSR count). The van der Waals surface area contributed by atoms with Crippen molar-refractivity contribution in [3.63, 3.8) is 0 Å². The average Bonchev–Trinajstić information content (AvgIpc) is 2.90. The van der Waals surface area contributed by atoms with Gasteiger partial charge in [0, 0.05) is 22.2 Å². The third kappa shape index (κ3) is 3.29. The molecule has 0 radical (unpaired) electrons. The molecular formula is C17H23ClN2OS. The van der Waals surface area contributed by atoms with E-state index in [4.69, 9.17) is 0 Å². The van der Waals surface area contributed by atoms with Crippen LogP contribution in [0.25, 0.3) is 10.1 Å². The maximum absolute atomic E-state index is 12.4. The Balaban J connectivity index is 0.00000176. The van der Waals surface area contributed by atoms with Crippen LogP contribution in [0.2, 0.25) is 0 Å². The van der Waals surface area contributed by atoms with Gasteiger partial charge in [0.1, 0.15) is 0 Å². The molecule has 1 amide bonds. The molecule has 1 aliphatic heterocycles. The van der Waals surface area contributed by atoms with Crippen molar-refractivity contribution in [3.8, 4) is 0 Å². The first kappa shape index (κ1) is 17.3. The number of carbonyl (C=O) groups is 1. The maximum Gasteiger partial charge on any atom is 0.237 e. The molecule has 1 aromatic carbocycles. The molecule has 0 bridgehead atoms. The van der Waals surface area contributed by atoms with E-state index < -0.39 is 0 Å². The highest BCUT2D eigenvalue weighted by atomic mass is 35.5. The fourth-order valence-electron chi connectivity index (χ4n) is 2.99. The number of amides is 1. The Hall–Kier alpha value is -1.10. The molecule has 3 nitrogen and oxygen atoms in total. The Bertz CT molecular complexity index is 651. The van der Waals surface area contributed by atoms with E-state index >= 15 is 0 Å². The Morgan fingerprint density at radius 3 is 2.82 bits per heavy atom. The minimum absolute atomic E-state index is 0. The summed E-state index contributed by atoms with van der Waals surface area (Å²) < 4.78 is 1.32. The van der Waals surface area contributed by atoms with Crippen LogP contribution < -0.4 is 10.6 Å². The standard InChI is InChI=1S/C17H22N2OS.ClH/c1-3-11(4-2)19-17(20)14-9-13-12-7-5-6-8-15(12)21-16(13)10-18-14;/h5-8,11,14,18H,3-4,9-10H2,1-2H3,(H,19,20);1H/t14-;/m1./s1. The minimum atomic E-state index is -0.101. The molecule has 0 unspecified atom stereocenters. The fourth-order valence-corrected chi connectivity index (χ4v) is 4.17. The quantitative estimate of drug-likeness (QED) is 0.893. The molecule has 5 heteroatoms. The maximum atomic E-state index is 12.4. The van der Waals surface area contributed by atoms with Gasteiger partial charge in [0.05, 0.1) is 6.04 Å². The van der Waals surface area contributed by atoms with E-state index in [0.29, 0.717) is 6.04 Å². The van der Waals surface area contributed by atoms with Gasteiger partial charge in [-0.05, 0) is 36.3 Å². The summed E-state index contributed by atoms with van der Waals surface area (Å²) in [6.45, 7) is 5.04. The van der Waals surface area contributed by atoms with Gasteiger partial charge in [0.2, 0.25) is 5.91 Å². The minimum Gasteiger partial charge on any atom is -0.352 e. The molecule has 1 aliphatic rings. The van der Waals surface area contributed by atoms with Crippen molar-refractivity contribution in [2.24, 2.45) is 0 Å². The fraction of sp³-hybridized carbons (Fsp3) is 0.471. The molecule has 22 heavy (non-hydrogen) atoms. The number of carbonyl (C=O) groups excluding carboxylic acids is 1. The SMILES string of the molecule is CCC(CC)NC(=O)[C@H]1Cc2c(sc3ccccc23)CN1.Cl. The lowest BCUT2D eigenvalue weighted by molar-refractivity contribution is -0.124. The summed E-state index contributed by atoms with van der Waals surface area (Å²) in [6, 6.07) is 8.69. The third-order valence-electron chi connectivity index (χ3n) is 4.35. The first-order valence-corrected chi connectivity index (χ1v) is 8.57. The van der Waals surface area contributed by atoms with Crippen molar-refractivity contribution in [1.82, 2.24) is 10.6 Å². The van der Waals surface area contributed by atoms with Crippen molar-refractivity contribution < 1.29 is 4.79 Å². The van der Waals surface area contributed by atoms with Gasteiger partial charge in [-0.15, -0.1) is 23.7 Å². The van der Waals surface area contributed by atoms with Gasteiger partial charge < -0.3 is 10.6 Å². The summed E-state index contributed by atoms with van der Waals surface area (Å²) in [5, 5.41) is 7.87.